The first-order chi connectivity index (χ1) is 6.93. The second-order valence-electron chi connectivity index (χ2n) is 3.02. The molecule has 0 heterocycles. The molecule has 0 saturated heterocycles. The topological polar surface area (TPSA) is 80.4 Å². The molecule has 1 atom stereocenters. The van der Waals surface area contributed by atoms with Crippen LogP contribution < -0.4 is 0 Å². The molecule has 1 aromatic rings. The first-order valence-corrected chi connectivity index (χ1v) is 4.10. The molecule has 1 rings (SSSR count). The molecule has 0 unspecified atom stereocenters. The van der Waals surface area contributed by atoms with Gasteiger partial charge in [-0.05, 0) is 19.1 Å². The van der Waals surface area contributed by atoms with Gasteiger partial charge >= 0.3 is 5.97 Å². The van der Waals surface area contributed by atoms with Crippen molar-refractivity contribution in [2.75, 3.05) is 0 Å². The maximum Gasteiger partial charge on any atom is 0.310 e. The van der Waals surface area contributed by atoms with Gasteiger partial charge in [0.05, 0.1) is 16.9 Å². The number of hydrogen-bond acceptors (Lipinski definition) is 3. The average Bonchev–Trinajstić information content (AvgIpc) is 2.16. The zero-order valence-corrected chi connectivity index (χ0v) is 7.81. The van der Waals surface area contributed by atoms with Crippen molar-refractivity contribution >= 4 is 11.7 Å². The van der Waals surface area contributed by atoms with Crippen LogP contribution in [0.4, 0.5) is 10.1 Å². The van der Waals surface area contributed by atoms with Gasteiger partial charge < -0.3 is 5.11 Å². The SMILES string of the molecule is C[C@@H](C(=O)O)c1ccc(F)cc1[N+](=O)[O-]. The summed E-state index contributed by atoms with van der Waals surface area (Å²) in [5, 5.41) is 19.2. The first kappa shape index (κ1) is 11.1. The van der Waals surface area contributed by atoms with E-state index in [0.29, 0.717) is 0 Å². The number of carboxylic acid groups (broad SMARTS) is 1. The van der Waals surface area contributed by atoms with Gasteiger partial charge in [-0.1, -0.05) is 0 Å². The molecule has 0 aliphatic rings. The lowest BCUT2D eigenvalue weighted by atomic mass is 9.99. The van der Waals surface area contributed by atoms with Crippen LogP contribution in [0, 0.1) is 15.9 Å². The van der Waals surface area contributed by atoms with E-state index in [1.54, 1.807) is 0 Å². The van der Waals surface area contributed by atoms with E-state index in [0.717, 1.165) is 18.2 Å². The number of hydrogen-bond donors (Lipinski definition) is 1. The van der Waals surface area contributed by atoms with Crippen molar-refractivity contribution in [1.82, 2.24) is 0 Å². The van der Waals surface area contributed by atoms with E-state index in [1.165, 1.54) is 6.92 Å². The molecule has 1 aromatic carbocycles. The van der Waals surface area contributed by atoms with Crippen LogP contribution in [0.2, 0.25) is 0 Å². The largest absolute Gasteiger partial charge is 0.481 e. The molecule has 0 saturated carbocycles. The van der Waals surface area contributed by atoms with E-state index in [1.807, 2.05) is 0 Å². The lowest BCUT2D eigenvalue weighted by molar-refractivity contribution is -0.385. The standard InChI is InChI=1S/C9H8FNO4/c1-5(9(12)13)7-3-2-6(10)4-8(7)11(14)15/h2-5H,1H3,(H,12,13)/t5-/m1/s1. The molecular formula is C9H8FNO4. The van der Waals surface area contributed by atoms with E-state index in [9.17, 15) is 19.3 Å². The number of rotatable bonds is 3. The molecule has 0 bridgehead atoms. The van der Waals surface area contributed by atoms with Gasteiger partial charge in [0, 0.05) is 5.56 Å². The van der Waals surface area contributed by atoms with Crippen molar-refractivity contribution in [2.45, 2.75) is 12.8 Å². The van der Waals surface area contributed by atoms with Gasteiger partial charge in [-0.15, -0.1) is 0 Å². The Morgan fingerprint density at radius 1 is 1.60 bits per heavy atom. The van der Waals surface area contributed by atoms with Gasteiger partial charge in [-0.3, -0.25) is 14.9 Å². The minimum absolute atomic E-state index is 0.00565. The number of nitro groups is 1. The van der Waals surface area contributed by atoms with Gasteiger partial charge in [-0.2, -0.15) is 0 Å². The van der Waals surface area contributed by atoms with E-state index < -0.39 is 28.3 Å². The number of benzene rings is 1. The number of nitro benzene ring substituents is 1. The highest BCUT2D eigenvalue weighted by atomic mass is 19.1. The van der Waals surface area contributed by atoms with Crippen LogP contribution in [0.5, 0.6) is 0 Å². The van der Waals surface area contributed by atoms with E-state index in [-0.39, 0.29) is 5.56 Å². The van der Waals surface area contributed by atoms with Gasteiger partial charge in [0.15, 0.2) is 0 Å². The zero-order valence-electron chi connectivity index (χ0n) is 7.81. The van der Waals surface area contributed by atoms with Crippen LogP contribution in [-0.4, -0.2) is 16.0 Å². The van der Waals surface area contributed by atoms with Crippen LogP contribution in [-0.2, 0) is 4.79 Å². The molecule has 0 aliphatic carbocycles. The maximum absolute atomic E-state index is 12.7. The van der Waals surface area contributed by atoms with E-state index >= 15 is 0 Å². The fraction of sp³-hybridized carbons (Fsp3) is 0.222. The summed E-state index contributed by atoms with van der Waals surface area (Å²) in [5.41, 5.74) is -0.515. The lowest BCUT2D eigenvalue weighted by Gasteiger charge is -2.06. The Labute approximate surface area is 84.3 Å². The van der Waals surface area contributed by atoms with Gasteiger partial charge in [0.1, 0.15) is 5.82 Å². The third kappa shape index (κ3) is 2.28. The number of carbonyl (C=O) groups is 1. The van der Waals surface area contributed by atoms with Gasteiger partial charge in [0.2, 0.25) is 0 Å². The highest BCUT2D eigenvalue weighted by Gasteiger charge is 2.24. The molecule has 0 radical (unpaired) electrons. The lowest BCUT2D eigenvalue weighted by Crippen LogP contribution is -2.09. The molecule has 80 valence electrons. The molecule has 5 nitrogen and oxygen atoms in total. The number of carboxylic acids is 1. The summed E-state index contributed by atoms with van der Waals surface area (Å²) < 4.78 is 12.7. The summed E-state index contributed by atoms with van der Waals surface area (Å²) >= 11 is 0. The summed E-state index contributed by atoms with van der Waals surface area (Å²) in [6.45, 7) is 1.31. The van der Waals surface area contributed by atoms with Crippen LogP contribution >= 0.6 is 0 Å². The van der Waals surface area contributed by atoms with Crippen molar-refractivity contribution in [1.29, 1.82) is 0 Å². The van der Waals surface area contributed by atoms with Crippen LogP contribution in [0.25, 0.3) is 0 Å². The smallest absolute Gasteiger partial charge is 0.310 e. The predicted octanol–water partition coefficient (Wildman–Crippen LogP) is 1.92. The Kier molecular flexibility index (Phi) is 2.99. The molecule has 6 heteroatoms. The molecule has 0 spiro atoms. The Bertz CT molecular complexity index is 419. The molecule has 1 N–H and O–H groups in total. The summed E-state index contributed by atoms with van der Waals surface area (Å²) in [7, 11) is 0. The highest BCUT2D eigenvalue weighted by molar-refractivity contribution is 5.77. The van der Waals surface area contributed by atoms with Crippen LogP contribution in [0.1, 0.15) is 18.4 Å². The van der Waals surface area contributed by atoms with E-state index in [2.05, 4.69) is 0 Å². The van der Waals surface area contributed by atoms with Crippen LogP contribution in [0.15, 0.2) is 18.2 Å². The molecule has 0 aliphatic heterocycles. The minimum atomic E-state index is -1.19. The summed E-state index contributed by atoms with van der Waals surface area (Å²) in [6.07, 6.45) is 0. The Morgan fingerprint density at radius 3 is 2.67 bits per heavy atom. The van der Waals surface area contributed by atoms with Crippen molar-refractivity contribution < 1.29 is 19.2 Å². The number of nitrogens with zero attached hydrogens (tertiary/aromatic N) is 1. The Hall–Kier alpha value is -1.98. The normalized spacial score (nSPS) is 12.1. The third-order valence-electron chi connectivity index (χ3n) is 2.03. The summed E-state index contributed by atoms with van der Waals surface area (Å²) in [4.78, 5) is 20.4. The predicted molar refractivity (Wildman–Crippen MR) is 49.1 cm³/mol. The second kappa shape index (κ2) is 4.04. The van der Waals surface area contributed by atoms with Crippen LogP contribution in [0.3, 0.4) is 0 Å². The van der Waals surface area contributed by atoms with Gasteiger partial charge in [0.25, 0.3) is 5.69 Å². The summed E-state index contributed by atoms with van der Waals surface area (Å²) in [6, 6.07) is 2.84. The monoisotopic (exact) mass is 213 g/mol. The average molecular weight is 213 g/mol. The molecular weight excluding hydrogens is 205 g/mol. The fourth-order valence-electron chi connectivity index (χ4n) is 1.17. The molecule has 0 aromatic heterocycles. The quantitative estimate of drug-likeness (QED) is 0.614. The molecule has 15 heavy (non-hydrogen) atoms. The third-order valence-corrected chi connectivity index (χ3v) is 2.03. The minimum Gasteiger partial charge on any atom is -0.481 e. The van der Waals surface area contributed by atoms with Crippen molar-refractivity contribution in [3.05, 3.63) is 39.7 Å². The van der Waals surface area contributed by atoms with Crippen molar-refractivity contribution in [3.63, 3.8) is 0 Å². The van der Waals surface area contributed by atoms with Gasteiger partial charge in [-0.25, -0.2) is 4.39 Å². The first-order valence-electron chi connectivity index (χ1n) is 4.10. The maximum atomic E-state index is 12.7. The summed E-state index contributed by atoms with van der Waals surface area (Å²) in [5.74, 6) is -2.99. The highest BCUT2D eigenvalue weighted by Crippen LogP contribution is 2.27. The zero-order chi connectivity index (χ0) is 11.6. The second-order valence-corrected chi connectivity index (χ2v) is 3.02. The fourth-order valence-corrected chi connectivity index (χ4v) is 1.17. The van der Waals surface area contributed by atoms with Crippen molar-refractivity contribution in [2.24, 2.45) is 0 Å². The molecule has 0 amide bonds. The number of aliphatic carboxylic acids is 1. The Morgan fingerprint density at radius 2 is 2.20 bits per heavy atom. The molecule has 0 fully saturated rings. The van der Waals surface area contributed by atoms with Crippen molar-refractivity contribution in [3.8, 4) is 0 Å². The Balaban J connectivity index is 3.28. The number of halogens is 1. The van der Waals surface area contributed by atoms with E-state index in [4.69, 9.17) is 5.11 Å².